The summed E-state index contributed by atoms with van der Waals surface area (Å²) in [6, 6.07) is 37.1. The van der Waals surface area contributed by atoms with Crippen LogP contribution in [-0.2, 0) is 10.9 Å². The minimum absolute atomic E-state index is 0.258. The molecule has 0 aliphatic carbocycles. The van der Waals surface area contributed by atoms with Crippen LogP contribution in [0, 0.1) is 0 Å². The second-order valence-corrected chi connectivity index (χ2v) is 27.9. The lowest BCUT2D eigenvalue weighted by molar-refractivity contribution is 0.531. The van der Waals surface area contributed by atoms with E-state index in [4.69, 9.17) is 13.3 Å². The van der Waals surface area contributed by atoms with E-state index in [9.17, 15) is 0 Å². The third-order valence-electron chi connectivity index (χ3n) is 9.98. The topological polar surface area (TPSA) is 27.7 Å². The van der Waals surface area contributed by atoms with Crippen molar-refractivity contribution in [2.75, 3.05) is 0 Å². The van der Waals surface area contributed by atoms with Gasteiger partial charge >= 0.3 is 0 Å². The van der Waals surface area contributed by atoms with Crippen LogP contribution in [0.2, 0.25) is 54.4 Å². The van der Waals surface area contributed by atoms with Crippen molar-refractivity contribution in [2.24, 2.45) is 0 Å². The summed E-state index contributed by atoms with van der Waals surface area (Å²) < 4.78 is 20.1. The van der Waals surface area contributed by atoms with Crippen LogP contribution in [-0.4, -0.2) is 25.0 Å². The molecule has 0 radical (unpaired) electrons. The summed E-state index contributed by atoms with van der Waals surface area (Å²) in [6.07, 6.45) is 0. The highest BCUT2D eigenvalue weighted by Gasteiger charge is 2.34. The Balaban J connectivity index is 1.99. The molecule has 3 aromatic carbocycles. The summed E-state index contributed by atoms with van der Waals surface area (Å²) in [6.45, 7) is 20.6. The Morgan fingerprint density at radius 3 is 0.698 bits per heavy atom. The standard InChI is InChI=1S/C36H57O3SSi3/c1-10-41(11-2,12-3)37-31-19-25-34(26-20-31)40(35-27-21-32(22-28-35)38-42(13-4,14-5)15-6)36-29-23-33(24-30-36)39-43(16-7,17-8)18-9/h19-30H,10-18H2,1-9H3/q+1. The minimum Gasteiger partial charge on any atom is -0.544 e. The van der Waals surface area contributed by atoms with E-state index in [1.54, 1.807) is 0 Å². The van der Waals surface area contributed by atoms with E-state index in [2.05, 4.69) is 135 Å². The van der Waals surface area contributed by atoms with Gasteiger partial charge in [-0.15, -0.1) is 0 Å². The van der Waals surface area contributed by atoms with E-state index in [-0.39, 0.29) is 10.9 Å². The first kappa shape index (κ1) is 35.5. The molecular formula is C36H57O3SSi3+. The van der Waals surface area contributed by atoms with Gasteiger partial charge in [0, 0.05) is 0 Å². The highest BCUT2D eigenvalue weighted by molar-refractivity contribution is 7.97. The van der Waals surface area contributed by atoms with E-state index in [0.717, 1.165) is 71.6 Å². The van der Waals surface area contributed by atoms with Crippen LogP contribution >= 0.6 is 0 Å². The molecule has 0 atom stereocenters. The van der Waals surface area contributed by atoms with Gasteiger partial charge < -0.3 is 13.3 Å². The quantitative estimate of drug-likeness (QED) is 0.101. The summed E-state index contributed by atoms with van der Waals surface area (Å²) in [5.74, 6) is 3.03. The second-order valence-electron chi connectivity index (χ2n) is 11.8. The van der Waals surface area contributed by atoms with E-state index in [1.165, 1.54) is 14.7 Å². The van der Waals surface area contributed by atoms with Crippen LogP contribution in [0.25, 0.3) is 0 Å². The predicted molar refractivity (Wildman–Crippen MR) is 195 cm³/mol. The van der Waals surface area contributed by atoms with E-state index in [0.29, 0.717) is 0 Å². The zero-order valence-corrected chi connectivity index (χ0v) is 32.2. The molecule has 0 N–H and O–H groups in total. The fourth-order valence-corrected chi connectivity index (χ4v) is 15.7. The van der Waals surface area contributed by atoms with Crippen LogP contribution in [0.15, 0.2) is 87.5 Å². The van der Waals surface area contributed by atoms with Gasteiger partial charge in [0.25, 0.3) is 0 Å². The van der Waals surface area contributed by atoms with E-state index >= 15 is 0 Å². The molecule has 3 aromatic rings. The molecule has 3 nitrogen and oxygen atoms in total. The summed E-state index contributed by atoms with van der Waals surface area (Å²) in [5.41, 5.74) is 0. The third-order valence-corrected chi connectivity index (χ3v) is 25.8. The van der Waals surface area contributed by atoms with Gasteiger partial charge in [-0.05, 0) is 127 Å². The monoisotopic (exact) mass is 653 g/mol. The highest BCUT2D eigenvalue weighted by atomic mass is 32.2. The Hall–Kier alpha value is -1.94. The molecule has 0 fully saturated rings. The van der Waals surface area contributed by atoms with E-state index < -0.39 is 25.0 Å². The Labute approximate surface area is 269 Å². The fourth-order valence-electron chi connectivity index (χ4n) is 5.99. The van der Waals surface area contributed by atoms with Crippen molar-refractivity contribution in [3.05, 3.63) is 72.8 Å². The zero-order chi connectivity index (χ0) is 31.5. The molecule has 43 heavy (non-hydrogen) atoms. The van der Waals surface area contributed by atoms with Crippen molar-refractivity contribution in [3.63, 3.8) is 0 Å². The largest absolute Gasteiger partial charge is 0.544 e. The molecule has 7 heteroatoms. The lowest BCUT2D eigenvalue weighted by Crippen LogP contribution is -2.39. The van der Waals surface area contributed by atoms with E-state index in [1.807, 2.05) is 0 Å². The Morgan fingerprint density at radius 2 is 0.535 bits per heavy atom. The van der Waals surface area contributed by atoms with Gasteiger partial charge in [0.05, 0.1) is 10.9 Å². The minimum atomic E-state index is -1.72. The summed E-state index contributed by atoms with van der Waals surface area (Å²) >= 11 is 0. The normalized spacial score (nSPS) is 12.4. The van der Waals surface area contributed by atoms with Crippen LogP contribution in [0.3, 0.4) is 0 Å². The van der Waals surface area contributed by atoms with Crippen molar-refractivity contribution in [2.45, 2.75) is 131 Å². The van der Waals surface area contributed by atoms with Gasteiger partial charge in [-0.2, -0.15) is 0 Å². The first-order chi connectivity index (χ1) is 20.7. The maximum Gasteiger partial charge on any atom is 0.250 e. The molecule has 0 amide bonds. The van der Waals surface area contributed by atoms with Crippen LogP contribution in [0.4, 0.5) is 0 Å². The van der Waals surface area contributed by atoms with Gasteiger partial charge in [0.15, 0.2) is 14.7 Å². The molecule has 0 saturated carbocycles. The zero-order valence-electron chi connectivity index (χ0n) is 28.4. The molecule has 0 unspecified atom stereocenters. The Kier molecular flexibility index (Phi) is 13.5. The van der Waals surface area contributed by atoms with Crippen molar-refractivity contribution < 1.29 is 13.3 Å². The predicted octanol–water partition coefficient (Wildman–Crippen LogP) is 11.9. The molecule has 0 bridgehead atoms. The van der Waals surface area contributed by atoms with Crippen LogP contribution in [0.1, 0.15) is 62.3 Å². The molecule has 0 aliphatic rings. The van der Waals surface area contributed by atoms with Crippen molar-refractivity contribution >= 4 is 35.8 Å². The Bertz CT molecular complexity index is 1040. The SMILES string of the molecule is CC[Si](CC)(CC)Oc1ccc([S+](c2ccc(O[Si](CC)(CC)CC)cc2)c2ccc(O[Si](CC)(CC)CC)cc2)cc1. The van der Waals surface area contributed by atoms with Gasteiger partial charge in [0.1, 0.15) is 17.2 Å². The molecule has 0 saturated heterocycles. The lowest BCUT2D eigenvalue weighted by Gasteiger charge is -2.29. The van der Waals surface area contributed by atoms with Gasteiger partial charge in [-0.25, -0.2) is 0 Å². The molecule has 0 heterocycles. The molecule has 0 aromatic heterocycles. The average Bonchev–Trinajstić information content (AvgIpc) is 3.07. The number of hydrogen-bond acceptors (Lipinski definition) is 3. The Morgan fingerprint density at radius 1 is 0.349 bits per heavy atom. The molecule has 0 spiro atoms. The third kappa shape index (κ3) is 8.62. The fraction of sp³-hybridized carbons (Fsp3) is 0.500. The molecule has 3 rings (SSSR count). The number of benzene rings is 3. The summed E-state index contributed by atoms with van der Waals surface area (Å²) in [5, 5.41) is 0. The molecular weight excluding hydrogens is 597 g/mol. The van der Waals surface area contributed by atoms with Crippen molar-refractivity contribution in [3.8, 4) is 17.2 Å². The van der Waals surface area contributed by atoms with Gasteiger partial charge in [-0.1, -0.05) is 62.3 Å². The molecule has 236 valence electrons. The van der Waals surface area contributed by atoms with Gasteiger partial charge in [0.2, 0.25) is 25.0 Å². The summed E-state index contributed by atoms with van der Waals surface area (Å²) in [4.78, 5) is 3.89. The van der Waals surface area contributed by atoms with Crippen LogP contribution < -0.4 is 13.3 Å². The van der Waals surface area contributed by atoms with Gasteiger partial charge in [-0.3, -0.25) is 0 Å². The average molecular weight is 654 g/mol. The summed E-state index contributed by atoms with van der Waals surface area (Å²) in [7, 11) is -5.42. The first-order valence-corrected chi connectivity index (χ1v) is 25.7. The van der Waals surface area contributed by atoms with Crippen LogP contribution in [0.5, 0.6) is 17.2 Å². The van der Waals surface area contributed by atoms with Crippen molar-refractivity contribution in [1.29, 1.82) is 0 Å². The maximum atomic E-state index is 6.70. The highest BCUT2D eigenvalue weighted by Crippen LogP contribution is 2.36. The maximum absolute atomic E-state index is 6.70. The number of rotatable bonds is 18. The lowest BCUT2D eigenvalue weighted by atomic mass is 10.3. The molecule has 0 aliphatic heterocycles. The second kappa shape index (κ2) is 16.4. The van der Waals surface area contributed by atoms with Crippen molar-refractivity contribution in [1.82, 2.24) is 0 Å². The smallest absolute Gasteiger partial charge is 0.250 e. The number of hydrogen-bond donors (Lipinski definition) is 0. The first-order valence-electron chi connectivity index (χ1n) is 16.8.